The summed E-state index contributed by atoms with van der Waals surface area (Å²) in [5, 5.41) is 0. The van der Waals surface area contributed by atoms with Gasteiger partial charge in [-0.2, -0.15) is 0 Å². The van der Waals surface area contributed by atoms with Crippen LogP contribution in [-0.2, 0) is 29.2 Å². The quantitative estimate of drug-likeness (QED) is 0.304. The molecular formula is C16H35O2S2-. The van der Waals surface area contributed by atoms with E-state index in [2.05, 4.69) is 32.0 Å². The summed E-state index contributed by atoms with van der Waals surface area (Å²) in [6, 6.07) is 0. The van der Waals surface area contributed by atoms with Gasteiger partial charge in [-0.15, -0.1) is 0 Å². The third-order valence-electron chi connectivity index (χ3n) is 3.13. The SMILES string of the molecule is CCCCCCCC.CCCCCCCCO[S-](=O)=S. The monoisotopic (exact) mass is 323 g/mol. The van der Waals surface area contributed by atoms with Crippen molar-refractivity contribution in [3.05, 3.63) is 0 Å². The van der Waals surface area contributed by atoms with Crippen LogP contribution in [0.4, 0.5) is 0 Å². The molecule has 0 saturated carbocycles. The van der Waals surface area contributed by atoms with Crippen LogP contribution in [0.3, 0.4) is 0 Å². The van der Waals surface area contributed by atoms with Crippen LogP contribution in [0.2, 0.25) is 0 Å². The predicted octanol–water partition coefficient (Wildman–Crippen LogP) is 6.07. The standard InChI is InChI=1S/C8H17O2S2.C8H18/c1-2-3-4-5-6-7-8-10-12(9)11;1-3-5-7-8-6-4-2/h2-8H2,1H3;3-8H2,1-2H3/q-1;. The maximum Gasteiger partial charge on any atom is 0.0257 e. The highest BCUT2D eigenvalue weighted by atomic mass is 32.8. The molecule has 124 valence electrons. The van der Waals surface area contributed by atoms with E-state index in [0.29, 0.717) is 6.61 Å². The molecule has 20 heavy (non-hydrogen) atoms. The first-order valence-corrected chi connectivity index (χ1v) is 10.4. The zero-order valence-electron chi connectivity index (χ0n) is 13.8. The summed E-state index contributed by atoms with van der Waals surface area (Å²) in [7, 11) is -1.49. The minimum atomic E-state index is -1.49. The first-order chi connectivity index (χ1) is 9.68. The van der Waals surface area contributed by atoms with Crippen molar-refractivity contribution in [2.24, 2.45) is 0 Å². The lowest BCUT2D eigenvalue weighted by Gasteiger charge is -2.04. The van der Waals surface area contributed by atoms with Crippen molar-refractivity contribution >= 4 is 20.8 Å². The Morgan fingerprint density at radius 1 is 0.700 bits per heavy atom. The highest BCUT2D eigenvalue weighted by molar-refractivity contribution is 8.19. The van der Waals surface area contributed by atoms with Crippen LogP contribution in [0, 0.1) is 0 Å². The van der Waals surface area contributed by atoms with Crippen molar-refractivity contribution in [1.29, 1.82) is 0 Å². The van der Waals surface area contributed by atoms with Gasteiger partial charge in [0.1, 0.15) is 0 Å². The Kier molecular flexibility index (Phi) is 24.4. The molecule has 0 aliphatic rings. The highest BCUT2D eigenvalue weighted by Crippen LogP contribution is 2.04. The fourth-order valence-corrected chi connectivity index (χ4v) is 2.32. The molecule has 0 fully saturated rings. The van der Waals surface area contributed by atoms with E-state index in [9.17, 15) is 4.21 Å². The van der Waals surface area contributed by atoms with E-state index in [-0.39, 0.29) is 0 Å². The second-order valence-electron chi connectivity index (χ2n) is 5.21. The van der Waals surface area contributed by atoms with Gasteiger partial charge in [0.25, 0.3) is 0 Å². The summed E-state index contributed by atoms with van der Waals surface area (Å²) in [5.74, 6) is 0. The largest absolute Gasteiger partial charge is 0.444 e. The molecule has 2 nitrogen and oxygen atoms in total. The van der Waals surface area contributed by atoms with Gasteiger partial charge in [-0.25, -0.2) is 11.2 Å². The Labute approximate surface area is 134 Å². The summed E-state index contributed by atoms with van der Waals surface area (Å²) < 4.78 is 15.0. The topological polar surface area (TPSA) is 26.3 Å². The zero-order chi connectivity index (χ0) is 15.5. The van der Waals surface area contributed by atoms with Crippen molar-refractivity contribution in [2.75, 3.05) is 6.61 Å². The first kappa shape index (κ1) is 22.6. The molecule has 0 aromatic heterocycles. The molecule has 0 saturated heterocycles. The summed E-state index contributed by atoms with van der Waals surface area (Å²) >= 11 is 4.35. The second kappa shape index (κ2) is 21.6. The third kappa shape index (κ3) is 26.8. The molecular weight excluding hydrogens is 288 g/mol. The third-order valence-corrected chi connectivity index (χ3v) is 3.78. The Morgan fingerprint density at radius 2 is 1.05 bits per heavy atom. The predicted molar refractivity (Wildman–Crippen MR) is 93.8 cm³/mol. The van der Waals surface area contributed by atoms with Gasteiger partial charge < -0.3 is 8.39 Å². The first-order valence-electron chi connectivity index (χ1n) is 8.41. The van der Waals surface area contributed by atoms with Crippen LogP contribution in [0.1, 0.15) is 97.8 Å². The maximum atomic E-state index is 10.3. The summed E-state index contributed by atoms with van der Waals surface area (Å²) in [6.45, 7) is 7.25. The molecule has 0 atom stereocenters. The summed E-state index contributed by atoms with van der Waals surface area (Å²) in [4.78, 5) is 0. The van der Waals surface area contributed by atoms with Gasteiger partial charge in [-0.1, -0.05) is 101 Å². The lowest BCUT2D eigenvalue weighted by Crippen LogP contribution is -1.90. The number of hydrogen-bond acceptors (Lipinski definition) is 4. The number of rotatable bonds is 13. The van der Waals surface area contributed by atoms with Crippen molar-refractivity contribution in [1.82, 2.24) is 0 Å². The van der Waals surface area contributed by atoms with Crippen LogP contribution in [-0.4, -0.2) is 6.61 Å². The lowest BCUT2D eigenvalue weighted by molar-refractivity contribution is 0.335. The van der Waals surface area contributed by atoms with Crippen LogP contribution in [0.25, 0.3) is 0 Å². The molecule has 0 aliphatic carbocycles. The van der Waals surface area contributed by atoms with Crippen LogP contribution < -0.4 is 0 Å². The minimum Gasteiger partial charge on any atom is -0.444 e. The molecule has 0 amide bonds. The van der Waals surface area contributed by atoms with E-state index < -0.39 is 9.64 Å². The molecule has 0 radical (unpaired) electrons. The number of unbranched alkanes of at least 4 members (excludes halogenated alkanes) is 10. The maximum absolute atomic E-state index is 10.3. The zero-order valence-corrected chi connectivity index (χ0v) is 15.5. The van der Waals surface area contributed by atoms with E-state index in [4.69, 9.17) is 4.18 Å². The van der Waals surface area contributed by atoms with E-state index >= 15 is 0 Å². The lowest BCUT2D eigenvalue weighted by atomic mass is 10.1. The Hall–Kier alpha value is 0.330. The average molecular weight is 324 g/mol. The molecule has 0 spiro atoms. The van der Waals surface area contributed by atoms with Gasteiger partial charge in [0.2, 0.25) is 0 Å². The van der Waals surface area contributed by atoms with Gasteiger partial charge in [0.15, 0.2) is 0 Å². The minimum absolute atomic E-state index is 0.544. The van der Waals surface area contributed by atoms with Gasteiger partial charge in [0, 0.05) is 6.61 Å². The van der Waals surface area contributed by atoms with E-state index in [0.717, 1.165) is 12.8 Å². The van der Waals surface area contributed by atoms with Gasteiger partial charge in [-0.3, -0.25) is 0 Å². The molecule has 0 aromatic carbocycles. The van der Waals surface area contributed by atoms with Gasteiger partial charge in [-0.05, 0) is 6.42 Å². The molecule has 0 aromatic rings. The smallest absolute Gasteiger partial charge is 0.0257 e. The summed E-state index contributed by atoms with van der Waals surface area (Å²) in [6.07, 6.45) is 15.8. The fourth-order valence-electron chi connectivity index (χ4n) is 1.86. The second-order valence-corrected chi connectivity index (χ2v) is 6.67. The Bertz CT molecular complexity index is 215. The molecule has 0 N–H and O–H groups in total. The molecule has 0 unspecified atom stereocenters. The Morgan fingerprint density at radius 3 is 1.40 bits per heavy atom. The average Bonchev–Trinajstić information content (AvgIpc) is 2.43. The van der Waals surface area contributed by atoms with Crippen molar-refractivity contribution in [2.45, 2.75) is 97.8 Å². The van der Waals surface area contributed by atoms with Crippen molar-refractivity contribution in [3.63, 3.8) is 0 Å². The van der Waals surface area contributed by atoms with Crippen LogP contribution in [0.5, 0.6) is 0 Å². The molecule has 0 bridgehead atoms. The fraction of sp³-hybridized carbons (Fsp3) is 1.00. The van der Waals surface area contributed by atoms with E-state index in [1.54, 1.807) is 0 Å². The summed E-state index contributed by atoms with van der Waals surface area (Å²) in [5.41, 5.74) is 0. The normalized spacial score (nSPS) is 10.4. The van der Waals surface area contributed by atoms with Crippen LogP contribution in [0.15, 0.2) is 0 Å². The highest BCUT2D eigenvalue weighted by Gasteiger charge is 1.87. The molecule has 4 heteroatoms. The molecule has 0 rings (SSSR count). The van der Waals surface area contributed by atoms with E-state index in [1.165, 1.54) is 64.2 Å². The van der Waals surface area contributed by atoms with E-state index in [1.807, 2.05) is 0 Å². The Balaban J connectivity index is 0. The van der Waals surface area contributed by atoms with Gasteiger partial charge in [0.05, 0.1) is 0 Å². The van der Waals surface area contributed by atoms with Crippen LogP contribution >= 0.6 is 0 Å². The van der Waals surface area contributed by atoms with Gasteiger partial charge >= 0.3 is 0 Å². The molecule has 0 aliphatic heterocycles. The molecule has 0 heterocycles. The van der Waals surface area contributed by atoms with Crippen molar-refractivity contribution in [3.8, 4) is 0 Å². The number of hydrogen-bond donors (Lipinski definition) is 0. The van der Waals surface area contributed by atoms with Crippen molar-refractivity contribution < 1.29 is 8.39 Å².